The number of carbonyl (C=O) groups is 1. The van der Waals surface area contributed by atoms with Crippen molar-refractivity contribution < 1.29 is 24.1 Å². The fourth-order valence-corrected chi connectivity index (χ4v) is 6.64. The topological polar surface area (TPSA) is 128 Å². The van der Waals surface area contributed by atoms with Crippen molar-refractivity contribution in [3.05, 3.63) is 106 Å². The van der Waals surface area contributed by atoms with Gasteiger partial charge in [0, 0.05) is 41.1 Å². The summed E-state index contributed by atoms with van der Waals surface area (Å²) in [6.45, 7) is 3.93. The molecule has 0 saturated carbocycles. The maximum Gasteiger partial charge on any atom is 0.268 e. The van der Waals surface area contributed by atoms with E-state index < -0.39 is 17.6 Å². The van der Waals surface area contributed by atoms with Crippen molar-refractivity contribution >= 4 is 22.6 Å². The third-order valence-corrected chi connectivity index (χ3v) is 9.11. The predicted molar refractivity (Wildman–Crippen MR) is 186 cm³/mol. The van der Waals surface area contributed by atoms with Gasteiger partial charge < -0.3 is 29.5 Å². The number of aromatic nitrogens is 3. The first-order valence-electron chi connectivity index (χ1n) is 16.8. The third-order valence-electron chi connectivity index (χ3n) is 9.11. The molecule has 0 radical (unpaired) electrons. The Morgan fingerprint density at radius 1 is 0.980 bits per heavy atom. The summed E-state index contributed by atoms with van der Waals surface area (Å²) in [4.78, 5) is 38.5. The van der Waals surface area contributed by atoms with Crippen molar-refractivity contribution in [1.82, 2.24) is 19.4 Å². The number of carbonyl (C=O) groups excluding carboxylic acids is 1. The van der Waals surface area contributed by atoms with Gasteiger partial charge in [-0.3, -0.25) is 19.1 Å². The number of aliphatic hydroxyl groups excluding tert-OH is 1. The number of para-hydroxylation sites is 1. The van der Waals surface area contributed by atoms with E-state index in [-0.39, 0.29) is 11.4 Å². The quantitative estimate of drug-likeness (QED) is 0.162. The van der Waals surface area contributed by atoms with Crippen molar-refractivity contribution in [2.45, 2.75) is 44.6 Å². The van der Waals surface area contributed by atoms with Crippen LogP contribution in [-0.4, -0.2) is 63.8 Å². The Morgan fingerprint density at radius 3 is 2.59 bits per heavy atom. The normalized spacial score (nSPS) is 15.9. The highest BCUT2D eigenvalue weighted by molar-refractivity contribution is 6.03. The molecule has 7 rings (SSSR count). The first-order valence-corrected chi connectivity index (χ1v) is 16.8. The SMILES string of the molecule is COc1cc2c(Oc3ccc(NC(=O)c4cc5c(n(-c6ccccc6)c4=O)CCCC5O)nc3)ccnc2cc1OCCCN1CCCC1. The molecule has 2 aromatic carbocycles. The average Bonchev–Trinajstić information content (AvgIpc) is 3.65. The molecule has 2 aliphatic rings. The van der Waals surface area contributed by atoms with Crippen LogP contribution in [0.2, 0.25) is 0 Å². The Morgan fingerprint density at radius 2 is 1.82 bits per heavy atom. The van der Waals surface area contributed by atoms with Gasteiger partial charge in [-0.1, -0.05) is 18.2 Å². The molecule has 1 atom stereocenters. The number of fused-ring (bicyclic) bond motifs is 2. The van der Waals surface area contributed by atoms with Crippen LogP contribution in [0.15, 0.2) is 83.9 Å². The lowest BCUT2D eigenvalue weighted by atomic mass is 9.91. The molecule has 3 aromatic heterocycles. The van der Waals surface area contributed by atoms with Gasteiger partial charge in [0.1, 0.15) is 22.9 Å². The Labute approximate surface area is 284 Å². The lowest BCUT2D eigenvalue weighted by Gasteiger charge is -2.25. The second kappa shape index (κ2) is 14.5. The van der Waals surface area contributed by atoms with Crippen LogP contribution < -0.4 is 25.1 Å². The van der Waals surface area contributed by atoms with Gasteiger partial charge in [0.2, 0.25) is 0 Å². The summed E-state index contributed by atoms with van der Waals surface area (Å²) in [5, 5.41) is 14.2. The molecule has 252 valence electrons. The number of ether oxygens (including phenoxy) is 3. The Hall–Kier alpha value is -5.26. The highest BCUT2D eigenvalue weighted by Crippen LogP contribution is 2.37. The van der Waals surface area contributed by atoms with Crippen LogP contribution in [0.1, 0.15) is 59.8 Å². The molecule has 1 aliphatic heterocycles. The fourth-order valence-electron chi connectivity index (χ4n) is 6.64. The Bertz CT molecular complexity index is 2010. The summed E-state index contributed by atoms with van der Waals surface area (Å²) in [6, 6.07) is 19.4. The Balaban J connectivity index is 1.07. The second-order valence-electron chi connectivity index (χ2n) is 12.4. The van der Waals surface area contributed by atoms with Crippen molar-refractivity contribution in [2.75, 3.05) is 38.7 Å². The minimum atomic E-state index is -0.756. The van der Waals surface area contributed by atoms with Gasteiger partial charge in [-0.2, -0.15) is 0 Å². The molecule has 1 saturated heterocycles. The van der Waals surface area contributed by atoms with Crippen LogP contribution in [-0.2, 0) is 6.42 Å². The summed E-state index contributed by atoms with van der Waals surface area (Å²) in [5.74, 6) is 1.84. The minimum Gasteiger partial charge on any atom is -0.493 e. The fraction of sp³-hybridized carbons (Fsp3) is 0.316. The number of methoxy groups -OCH3 is 1. The number of hydrogen-bond acceptors (Lipinski definition) is 9. The van der Waals surface area contributed by atoms with Crippen LogP contribution in [0.4, 0.5) is 5.82 Å². The number of benzene rings is 2. The smallest absolute Gasteiger partial charge is 0.268 e. The molecular formula is C38H39N5O6. The van der Waals surface area contributed by atoms with Crippen molar-refractivity contribution in [1.29, 1.82) is 0 Å². The summed E-state index contributed by atoms with van der Waals surface area (Å²) in [5.41, 5.74) is 2.13. The van der Waals surface area contributed by atoms with E-state index in [4.69, 9.17) is 14.2 Å². The average molecular weight is 662 g/mol. The number of hydrogen-bond donors (Lipinski definition) is 2. The molecule has 1 aliphatic carbocycles. The van der Waals surface area contributed by atoms with E-state index in [9.17, 15) is 14.7 Å². The molecule has 1 unspecified atom stereocenters. The van der Waals surface area contributed by atoms with E-state index in [1.165, 1.54) is 29.7 Å². The summed E-state index contributed by atoms with van der Waals surface area (Å²) >= 11 is 0. The Kier molecular flexibility index (Phi) is 9.54. The van der Waals surface area contributed by atoms with Gasteiger partial charge in [0.25, 0.3) is 11.5 Å². The minimum absolute atomic E-state index is 0.0715. The molecule has 2 N–H and O–H groups in total. The van der Waals surface area contributed by atoms with Crippen LogP contribution in [0.3, 0.4) is 0 Å². The molecule has 11 heteroatoms. The first kappa shape index (κ1) is 32.3. The van der Waals surface area contributed by atoms with E-state index in [0.717, 1.165) is 43.6 Å². The number of pyridine rings is 3. The molecule has 1 amide bonds. The molecule has 4 heterocycles. The van der Waals surface area contributed by atoms with Gasteiger partial charge in [-0.15, -0.1) is 0 Å². The second-order valence-corrected chi connectivity index (χ2v) is 12.4. The number of amides is 1. The number of rotatable bonds is 11. The van der Waals surface area contributed by atoms with Crippen LogP contribution >= 0.6 is 0 Å². The van der Waals surface area contributed by atoms with Crippen LogP contribution in [0.25, 0.3) is 16.6 Å². The van der Waals surface area contributed by atoms with Gasteiger partial charge in [-0.05, 0) is 94.1 Å². The lowest BCUT2D eigenvalue weighted by Crippen LogP contribution is -2.33. The van der Waals surface area contributed by atoms with E-state index in [2.05, 4.69) is 20.2 Å². The van der Waals surface area contributed by atoms with E-state index in [0.29, 0.717) is 59.2 Å². The van der Waals surface area contributed by atoms with Gasteiger partial charge in [0.05, 0.1) is 31.5 Å². The van der Waals surface area contributed by atoms with Crippen molar-refractivity contribution in [3.8, 4) is 28.7 Å². The predicted octanol–water partition coefficient (Wildman–Crippen LogP) is 6.07. The first-order chi connectivity index (χ1) is 24.0. The van der Waals surface area contributed by atoms with Gasteiger partial charge in [-0.25, -0.2) is 4.98 Å². The molecular weight excluding hydrogens is 622 g/mol. The molecule has 0 spiro atoms. The molecule has 5 aromatic rings. The molecule has 1 fully saturated rings. The van der Waals surface area contributed by atoms with Gasteiger partial charge >= 0.3 is 0 Å². The highest BCUT2D eigenvalue weighted by atomic mass is 16.5. The van der Waals surface area contributed by atoms with E-state index in [1.54, 1.807) is 31.5 Å². The molecule has 11 nitrogen and oxygen atoms in total. The maximum atomic E-state index is 13.7. The van der Waals surface area contributed by atoms with Crippen molar-refractivity contribution in [2.24, 2.45) is 0 Å². The molecule has 0 bridgehead atoms. The number of likely N-dealkylation sites (tertiary alicyclic amines) is 1. The number of aliphatic hydroxyl groups is 1. The summed E-state index contributed by atoms with van der Waals surface area (Å²) in [7, 11) is 1.61. The number of anilines is 1. The zero-order valence-electron chi connectivity index (χ0n) is 27.4. The van der Waals surface area contributed by atoms with Crippen LogP contribution in [0, 0.1) is 0 Å². The monoisotopic (exact) mass is 661 g/mol. The zero-order valence-corrected chi connectivity index (χ0v) is 27.4. The largest absolute Gasteiger partial charge is 0.493 e. The summed E-state index contributed by atoms with van der Waals surface area (Å²) < 4.78 is 19.5. The van der Waals surface area contributed by atoms with Crippen LogP contribution in [0.5, 0.6) is 23.0 Å². The summed E-state index contributed by atoms with van der Waals surface area (Å²) in [6.07, 6.45) is 7.84. The van der Waals surface area contributed by atoms with E-state index in [1.807, 2.05) is 42.5 Å². The highest BCUT2D eigenvalue weighted by Gasteiger charge is 2.27. The van der Waals surface area contributed by atoms with E-state index >= 15 is 0 Å². The lowest BCUT2D eigenvalue weighted by molar-refractivity contribution is 0.102. The third kappa shape index (κ3) is 6.99. The maximum absolute atomic E-state index is 13.7. The van der Waals surface area contributed by atoms with Gasteiger partial charge in [0.15, 0.2) is 11.5 Å². The number of nitrogens with one attached hydrogen (secondary N) is 1. The standard InChI is InChI=1S/C38H39N5O6/c1-47-34-22-27-30(23-35(34)48-20-8-19-42-17-5-6-18-42)39-16-15-33(27)49-26-13-14-36(40-24-26)41-37(45)29-21-28-31(11-7-12-32(28)44)43(38(29)46)25-9-3-2-4-10-25/h2-4,9-10,13-16,21-24,32,44H,5-8,11-12,17-20H2,1H3,(H,40,41,45). The van der Waals surface area contributed by atoms with Crippen molar-refractivity contribution in [3.63, 3.8) is 0 Å². The molecule has 49 heavy (non-hydrogen) atoms. The number of nitrogens with zero attached hydrogens (tertiary/aromatic N) is 4. The zero-order chi connectivity index (χ0) is 33.7.